The van der Waals surface area contributed by atoms with Gasteiger partial charge >= 0.3 is 0 Å². The Bertz CT molecular complexity index is 1040. The number of hydrogen-bond donors (Lipinski definition) is 1. The van der Waals surface area contributed by atoms with Crippen molar-refractivity contribution >= 4 is 23.0 Å². The molecule has 2 aromatic carbocycles. The van der Waals surface area contributed by atoms with Crippen LogP contribution in [0.1, 0.15) is 61.4 Å². The molecule has 4 rings (SSSR count). The molecule has 0 bridgehead atoms. The summed E-state index contributed by atoms with van der Waals surface area (Å²) in [4.78, 5) is 26.1. The maximum Gasteiger partial charge on any atom is 0.293 e. The van der Waals surface area contributed by atoms with Crippen molar-refractivity contribution in [1.82, 2.24) is 0 Å². The highest BCUT2D eigenvalue weighted by Crippen LogP contribution is 2.40. The Labute approximate surface area is 188 Å². The van der Waals surface area contributed by atoms with Crippen molar-refractivity contribution in [2.75, 3.05) is 23.3 Å². The summed E-state index contributed by atoms with van der Waals surface area (Å²) < 4.78 is 0. The van der Waals surface area contributed by atoms with Gasteiger partial charge in [-0.25, -0.2) is 0 Å². The molecule has 2 fully saturated rings. The molecule has 2 aromatic rings. The number of amides is 1. The highest BCUT2D eigenvalue weighted by Gasteiger charge is 2.35. The van der Waals surface area contributed by atoms with Crippen LogP contribution >= 0.6 is 0 Å². The number of rotatable bonds is 5. The molecule has 0 aromatic heterocycles. The van der Waals surface area contributed by atoms with Crippen LogP contribution in [0.5, 0.6) is 0 Å². The number of hydrogen-bond acceptors (Lipinski definition) is 5. The number of nitriles is 1. The van der Waals surface area contributed by atoms with Gasteiger partial charge in [-0.15, -0.1) is 0 Å². The average Bonchev–Trinajstić information content (AvgIpc) is 3.30. The number of piperidine rings is 1. The molecular weight excluding hydrogens is 404 g/mol. The zero-order valence-electron chi connectivity index (χ0n) is 18.3. The third-order valence-electron chi connectivity index (χ3n) is 6.93. The summed E-state index contributed by atoms with van der Waals surface area (Å²) in [7, 11) is 0. The van der Waals surface area contributed by atoms with Crippen LogP contribution in [0.4, 0.5) is 17.1 Å². The van der Waals surface area contributed by atoms with Gasteiger partial charge in [0.2, 0.25) is 0 Å². The molecule has 1 aliphatic heterocycles. The molecule has 0 unspecified atom stereocenters. The quantitative estimate of drug-likeness (QED) is 0.502. The third-order valence-corrected chi connectivity index (χ3v) is 6.93. The fraction of sp³-hybridized carbons (Fsp3) is 0.440. The van der Waals surface area contributed by atoms with E-state index in [0.29, 0.717) is 17.3 Å². The minimum absolute atomic E-state index is 0.0419. The van der Waals surface area contributed by atoms with Crippen LogP contribution in [-0.2, 0) is 5.41 Å². The largest absolute Gasteiger partial charge is 0.366 e. The molecule has 1 heterocycles. The van der Waals surface area contributed by atoms with E-state index in [2.05, 4.69) is 18.3 Å². The second-order valence-electron chi connectivity index (χ2n) is 9.06. The Balaban J connectivity index is 1.50. The average molecular weight is 433 g/mol. The van der Waals surface area contributed by atoms with E-state index in [0.717, 1.165) is 57.2 Å². The first-order valence-electron chi connectivity index (χ1n) is 11.3. The monoisotopic (exact) mass is 432 g/mol. The third kappa shape index (κ3) is 4.31. The van der Waals surface area contributed by atoms with Crippen molar-refractivity contribution in [3.05, 3.63) is 63.7 Å². The Morgan fingerprint density at radius 2 is 1.81 bits per heavy atom. The summed E-state index contributed by atoms with van der Waals surface area (Å²) in [6.45, 7) is 3.76. The van der Waals surface area contributed by atoms with Crippen molar-refractivity contribution in [2.24, 2.45) is 5.92 Å². The Morgan fingerprint density at radius 3 is 2.41 bits per heavy atom. The number of nitrogens with one attached hydrogen (secondary N) is 1. The molecule has 32 heavy (non-hydrogen) atoms. The van der Waals surface area contributed by atoms with E-state index in [1.54, 1.807) is 24.3 Å². The molecule has 1 aliphatic carbocycles. The summed E-state index contributed by atoms with van der Waals surface area (Å²) in [6.07, 6.45) is 5.84. The molecular formula is C25H28N4O3. The molecule has 7 nitrogen and oxygen atoms in total. The van der Waals surface area contributed by atoms with E-state index in [1.165, 1.54) is 6.07 Å². The van der Waals surface area contributed by atoms with Gasteiger partial charge in [0.15, 0.2) is 0 Å². The molecule has 7 heteroatoms. The number of nitrogens with zero attached hydrogens (tertiary/aromatic N) is 3. The fourth-order valence-corrected chi connectivity index (χ4v) is 4.85. The molecule has 2 aliphatic rings. The minimum Gasteiger partial charge on any atom is -0.366 e. The number of nitro groups is 1. The fourth-order valence-electron chi connectivity index (χ4n) is 4.85. The summed E-state index contributed by atoms with van der Waals surface area (Å²) in [5, 5.41) is 24.2. The van der Waals surface area contributed by atoms with E-state index in [4.69, 9.17) is 0 Å². The van der Waals surface area contributed by atoms with Crippen molar-refractivity contribution < 1.29 is 9.72 Å². The van der Waals surface area contributed by atoms with Crippen LogP contribution in [0, 0.1) is 27.4 Å². The zero-order chi connectivity index (χ0) is 22.7. The SMILES string of the molecule is CC1CCN(c2ccc(C(=O)Nc3ccc(C4(C#N)CCCC4)cc3)cc2[N+](=O)[O-])CC1. The van der Waals surface area contributed by atoms with E-state index in [1.807, 2.05) is 17.0 Å². The summed E-state index contributed by atoms with van der Waals surface area (Å²) in [6, 6.07) is 14.5. The number of carbonyl (C=O) groups is 1. The molecule has 1 N–H and O–H groups in total. The van der Waals surface area contributed by atoms with E-state index in [-0.39, 0.29) is 11.3 Å². The molecule has 1 amide bonds. The maximum atomic E-state index is 12.8. The molecule has 0 atom stereocenters. The van der Waals surface area contributed by atoms with E-state index in [9.17, 15) is 20.2 Å². The lowest BCUT2D eigenvalue weighted by atomic mass is 9.80. The highest BCUT2D eigenvalue weighted by molar-refractivity contribution is 6.05. The van der Waals surface area contributed by atoms with Gasteiger partial charge in [-0.3, -0.25) is 14.9 Å². The van der Waals surface area contributed by atoms with Crippen LogP contribution in [0.15, 0.2) is 42.5 Å². The van der Waals surface area contributed by atoms with Gasteiger partial charge in [0.25, 0.3) is 11.6 Å². The minimum atomic E-state index is -0.425. The highest BCUT2D eigenvalue weighted by atomic mass is 16.6. The Morgan fingerprint density at radius 1 is 1.16 bits per heavy atom. The lowest BCUT2D eigenvalue weighted by Crippen LogP contribution is -2.33. The normalized spacial score (nSPS) is 18.2. The maximum absolute atomic E-state index is 12.8. The summed E-state index contributed by atoms with van der Waals surface area (Å²) in [5.74, 6) is 0.231. The first kappa shape index (κ1) is 21.8. The zero-order valence-corrected chi connectivity index (χ0v) is 18.3. The van der Waals surface area contributed by atoms with Gasteiger partial charge < -0.3 is 10.2 Å². The van der Waals surface area contributed by atoms with Gasteiger partial charge in [-0.1, -0.05) is 31.9 Å². The molecule has 1 saturated heterocycles. The number of benzene rings is 2. The van der Waals surface area contributed by atoms with Crippen LogP contribution < -0.4 is 10.2 Å². The molecule has 0 radical (unpaired) electrons. The predicted octanol–water partition coefficient (Wildman–Crippen LogP) is 5.42. The lowest BCUT2D eigenvalue weighted by molar-refractivity contribution is -0.384. The summed E-state index contributed by atoms with van der Waals surface area (Å²) in [5.41, 5.74) is 1.93. The van der Waals surface area contributed by atoms with E-state index < -0.39 is 16.2 Å². The Kier molecular flexibility index (Phi) is 6.13. The first-order chi connectivity index (χ1) is 15.4. The first-order valence-corrected chi connectivity index (χ1v) is 11.3. The molecule has 1 saturated carbocycles. The summed E-state index contributed by atoms with van der Waals surface area (Å²) >= 11 is 0. The van der Waals surface area contributed by atoms with Crippen LogP contribution in [0.25, 0.3) is 0 Å². The predicted molar refractivity (Wildman–Crippen MR) is 124 cm³/mol. The van der Waals surface area contributed by atoms with Gasteiger partial charge in [0, 0.05) is 30.4 Å². The van der Waals surface area contributed by atoms with E-state index >= 15 is 0 Å². The Hall–Kier alpha value is -3.40. The van der Waals surface area contributed by atoms with Crippen molar-refractivity contribution in [2.45, 2.75) is 50.9 Å². The van der Waals surface area contributed by atoms with Crippen molar-refractivity contribution in [3.8, 4) is 6.07 Å². The topological polar surface area (TPSA) is 99.3 Å². The van der Waals surface area contributed by atoms with Crippen molar-refractivity contribution in [3.63, 3.8) is 0 Å². The smallest absolute Gasteiger partial charge is 0.293 e. The number of anilines is 2. The standard InChI is InChI=1S/C25H28N4O3/c1-18-10-14-28(15-11-18)22-9-4-19(16-23(22)29(31)32)24(30)27-21-7-5-20(6-8-21)25(17-26)12-2-3-13-25/h4-9,16,18H,2-3,10-15H2,1H3,(H,27,30). The molecule has 166 valence electrons. The number of nitro benzene ring substituents is 1. The van der Waals surface area contributed by atoms with Gasteiger partial charge in [-0.05, 0) is 61.4 Å². The molecule has 0 spiro atoms. The van der Waals surface area contributed by atoms with Crippen LogP contribution in [-0.4, -0.2) is 23.9 Å². The second-order valence-corrected chi connectivity index (χ2v) is 9.06. The number of carbonyl (C=O) groups excluding carboxylic acids is 1. The van der Waals surface area contributed by atoms with Crippen LogP contribution in [0.2, 0.25) is 0 Å². The lowest BCUT2D eigenvalue weighted by Gasteiger charge is -2.31. The second kappa shape index (κ2) is 8.99. The van der Waals surface area contributed by atoms with Gasteiger partial charge in [0.1, 0.15) is 5.69 Å². The van der Waals surface area contributed by atoms with Gasteiger partial charge in [0.05, 0.1) is 16.4 Å². The van der Waals surface area contributed by atoms with Crippen LogP contribution in [0.3, 0.4) is 0 Å². The van der Waals surface area contributed by atoms with Gasteiger partial charge in [-0.2, -0.15) is 5.26 Å². The van der Waals surface area contributed by atoms with Crippen molar-refractivity contribution in [1.29, 1.82) is 5.26 Å².